The first-order valence-corrected chi connectivity index (χ1v) is 6.62. The number of Topliss-reactive ketones (excluding diaryl/α,β-unsaturated/α-hetero) is 1. The van der Waals surface area contributed by atoms with Crippen molar-refractivity contribution in [3.05, 3.63) is 29.6 Å². The first-order chi connectivity index (χ1) is 9.03. The summed E-state index contributed by atoms with van der Waals surface area (Å²) in [5.41, 5.74) is 2.48. The molecule has 0 spiro atoms. The third-order valence-corrected chi connectivity index (χ3v) is 2.93. The number of esters is 1. The Morgan fingerprint density at radius 2 is 1.95 bits per heavy atom. The van der Waals surface area contributed by atoms with E-state index in [-0.39, 0.29) is 11.8 Å². The van der Waals surface area contributed by atoms with Crippen molar-refractivity contribution in [1.29, 1.82) is 0 Å². The molecule has 0 unspecified atom stereocenters. The van der Waals surface area contributed by atoms with E-state index in [1.54, 1.807) is 17.7 Å². The van der Waals surface area contributed by atoms with Gasteiger partial charge in [-0.2, -0.15) is 0 Å². The molecule has 4 heteroatoms. The van der Waals surface area contributed by atoms with Crippen molar-refractivity contribution in [1.82, 2.24) is 4.57 Å². The Bertz CT molecular complexity index is 497. The third kappa shape index (κ3) is 3.81. The number of carbonyl (C=O) groups is 2. The monoisotopic (exact) mass is 263 g/mol. The topological polar surface area (TPSA) is 48.3 Å². The highest BCUT2D eigenvalue weighted by Gasteiger charge is 2.12. The number of nitrogens with zero attached hydrogens (tertiary/aromatic N) is 1. The van der Waals surface area contributed by atoms with Gasteiger partial charge in [0.1, 0.15) is 0 Å². The largest absolute Gasteiger partial charge is 0.463 e. The van der Waals surface area contributed by atoms with Crippen LogP contribution in [0.5, 0.6) is 0 Å². The Balaban J connectivity index is 3.05. The average molecular weight is 263 g/mol. The number of allylic oxidation sites excluding steroid dienone is 1. The number of ketones is 1. The lowest BCUT2D eigenvalue weighted by Crippen LogP contribution is -2.02. The van der Waals surface area contributed by atoms with Gasteiger partial charge in [-0.1, -0.05) is 13.8 Å². The molecule has 0 atom stereocenters. The zero-order chi connectivity index (χ0) is 14.4. The highest BCUT2D eigenvalue weighted by molar-refractivity contribution is 5.97. The lowest BCUT2D eigenvalue weighted by molar-refractivity contribution is -0.137. The van der Waals surface area contributed by atoms with Crippen LogP contribution in [-0.4, -0.2) is 22.9 Å². The summed E-state index contributed by atoms with van der Waals surface area (Å²) in [6.45, 7) is 7.80. The highest BCUT2D eigenvalue weighted by atomic mass is 16.5. The maximum atomic E-state index is 11.8. The maximum Gasteiger partial charge on any atom is 0.332 e. The molecule has 0 saturated heterocycles. The van der Waals surface area contributed by atoms with Gasteiger partial charge < -0.3 is 9.30 Å². The van der Waals surface area contributed by atoms with Crippen molar-refractivity contribution in [2.24, 2.45) is 0 Å². The fourth-order valence-corrected chi connectivity index (χ4v) is 1.85. The van der Waals surface area contributed by atoms with E-state index in [1.165, 1.54) is 6.08 Å². The molecule has 1 aromatic heterocycles. The number of aryl methyl sites for hydroxylation is 1. The Morgan fingerprint density at radius 1 is 1.26 bits per heavy atom. The fourth-order valence-electron chi connectivity index (χ4n) is 1.85. The van der Waals surface area contributed by atoms with E-state index in [0.717, 1.165) is 23.2 Å². The number of carbonyl (C=O) groups excluding carboxylic acids is 2. The van der Waals surface area contributed by atoms with Crippen molar-refractivity contribution in [3.63, 3.8) is 0 Å². The second-order valence-corrected chi connectivity index (χ2v) is 4.27. The first-order valence-electron chi connectivity index (χ1n) is 6.62. The van der Waals surface area contributed by atoms with Crippen LogP contribution in [0.15, 0.2) is 18.5 Å². The zero-order valence-corrected chi connectivity index (χ0v) is 12.0. The summed E-state index contributed by atoms with van der Waals surface area (Å²) in [7, 11) is 0. The van der Waals surface area contributed by atoms with Gasteiger partial charge in [-0.3, -0.25) is 4.79 Å². The predicted molar refractivity (Wildman–Crippen MR) is 75.0 cm³/mol. The Morgan fingerprint density at radius 3 is 2.47 bits per heavy atom. The van der Waals surface area contributed by atoms with E-state index >= 15 is 0 Å². The molecule has 0 fully saturated rings. The molecule has 104 valence electrons. The molecule has 0 aliphatic rings. The van der Waals surface area contributed by atoms with Crippen molar-refractivity contribution < 1.29 is 14.3 Å². The van der Waals surface area contributed by atoms with Gasteiger partial charge in [0.25, 0.3) is 0 Å². The summed E-state index contributed by atoms with van der Waals surface area (Å²) in [5, 5.41) is 0. The van der Waals surface area contributed by atoms with Crippen LogP contribution in [0.25, 0.3) is 5.70 Å². The van der Waals surface area contributed by atoms with Crippen LogP contribution in [0.2, 0.25) is 0 Å². The van der Waals surface area contributed by atoms with Crippen LogP contribution < -0.4 is 0 Å². The van der Waals surface area contributed by atoms with Gasteiger partial charge in [-0.15, -0.1) is 0 Å². The lowest BCUT2D eigenvalue weighted by atomic mass is 10.1. The van der Waals surface area contributed by atoms with E-state index in [0.29, 0.717) is 13.0 Å². The Labute approximate surface area is 114 Å². The number of hydrogen-bond acceptors (Lipinski definition) is 3. The minimum absolute atomic E-state index is 0.125. The molecule has 4 nitrogen and oxygen atoms in total. The maximum absolute atomic E-state index is 11.8. The standard InChI is InChI=1S/C15H21NO3/c1-5-12-9-16(10-13(12)14(17)6-2)11(4)8-15(18)19-7-3/h8-10H,5-7H2,1-4H3/b11-8+. The van der Waals surface area contributed by atoms with Gasteiger partial charge in [0.05, 0.1) is 6.61 Å². The minimum atomic E-state index is -0.366. The van der Waals surface area contributed by atoms with E-state index in [4.69, 9.17) is 4.74 Å². The molecule has 1 rings (SSSR count). The summed E-state index contributed by atoms with van der Waals surface area (Å²) < 4.78 is 6.67. The van der Waals surface area contributed by atoms with Crippen LogP contribution in [-0.2, 0) is 16.0 Å². The van der Waals surface area contributed by atoms with Crippen LogP contribution >= 0.6 is 0 Å². The quantitative estimate of drug-likeness (QED) is 0.450. The molecule has 19 heavy (non-hydrogen) atoms. The molecule has 0 amide bonds. The summed E-state index contributed by atoms with van der Waals surface area (Å²) in [4.78, 5) is 23.2. The number of ether oxygens (including phenoxy) is 1. The highest BCUT2D eigenvalue weighted by Crippen LogP contribution is 2.17. The molecule has 0 saturated carbocycles. The normalized spacial score (nSPS) is 11.5. The van der Waals surface area contributed by atoms with Crippen LogP contribution in [0.1, 0.15) is 50.0 Å². The van der Waals surface area contributed by atoms with Gasteiger partial charge in [-0.05, 0) is 25.8 Å². The van der Waals surface area contributed by atoms with Gasteiger partial charge in [0.2, 0.25) is 0 Å². The van der Waals surface area contributed by atoms with Crippen LogP contribution in [0.3, 0.4) is 0 Å². The number of aromatic nitrogens is 1. The molecule has 0 bridgehead atoms. The van der Waals surface area contributed by atoms with Gasteiger partial charge in [-0.25, -0.2) is 4.79 Å². The minimum Gasteiger partial charge on any atom is -0.463 e. The van der Waals surface area contributed by atoms with E-state index in [2.05, 4.69) is 0 Å². The predicted octanol–water partition coefficient (Wildman–Crippen LogP) is 3.07. The number of rotatable bonds is 6. The summed E-state index contributed by atoms with van der Waals surface area (Å²) in [6, 6.07) is 0. The van der Waals surface area contributed by atoms with Gasteiger partial charge in [0, 0.05) is 36.2 Å². The SMILES string of the molecule is CCOC(=O)/C=C(\C)n1cc(CC)c(C(=O)CC)c1. The fraction of sp³-hybridized carbons (Fsp3) is 0.467. The van der Waals surface area contributed by atoms with Crippen LogP contribution in [0, 0.1) is 0 Å². The van der Waals surface area contributed by atoms with Gasteiger partial charge in [0.15, 0.2) is 5.78 Å². The van der Waals surface area contributed by atoms with Gasteiger partial charge >= 0.3 is 5.97 Å². The number of hydrogen-bond donors (Lipinski definition) is 0. The van der Waals surface area contributed by atoms with E-state index in [9.17, 15) is 9.59 Å². The third-order valence-electron chi connectivity index (χ3n) is 2.93. The molecule has 0 radical (unpaired) electrons. The van der Waals surface area contributed by atoms with Crippen molar-refractivity contribution in [2.45, 2.75) is 40.5 Å². The van der Waals surface area contributed by atoms with E-state index in [1.807, 2.05) is 27.0 Å². The van der Waals surface area contributed by atoms with Crippen molar-refractivity contribution >= 4 is 17.4 Å². The van der Waals surface area contributed by atoms with Crippen molar-refractivity contribution in [3.8, 4) is 0 Å². The molecule has 0 aromatic carbocycles. The smallest absolute Gasteiger partial charge is 0.332 e. The molecule has 0 aliphatic carbocycles. The molecule has 1 aromatic rings. The first kappa shape index (κ1) is 15.2. The second kappa shape index (κ2) is 6.92. The molecule has 0 N–H and O–H groups in total. The summed E-state index contributed by atoms with van der Waals surface area (Å²) in [5.74, 6) is -0.241. The van der Waals surface area contributed by atoms with E-state index < -0.39 is 0 Å². The zero-order valence-electron chi connectivity index (χ0n) is 12.0. The molecule has 0 aliphatic heterocycles. The summed E-state index contributed by atoms with van der Waals surface area (Å²) in [6.07, 6.45) is 6.39. The average Bonchev–Trinajstić information content (AvgIpc) is 2.82. The summed E-state index contributed by atoms with van der Waals surface area (Å²) >= 11 is 0. The molecular weight excluding hydrogens is 242 g/mol. The van der Waals surface area contributed by atoms with Crippen LogP contribution in [0.4, 0.5) is 0 Å². The Kier molecular flexibility index (Phi) is 5.55. The second-order valence-electron chi connectivity index (χ2n) is 4.27. The Hall–Kier alpha value is -1.84. The lowest BCUT2D eigenvalue weighted by Gasteiger charge is -2.02. The molecule has 1 heterocycles. The molecular formula is C15H21NO3. The van der Waals surface area contributed by atoms with Crippen molar-refractivity contribution in [2.75, 3.05) is 6.61 Å².